The first-order valence-electron chi connectivity index (χ1n) is 10.4. The van der Waals surface area contributed by atoms with Gasteiger partial charge in [-0.1, -0.05) is 48.5 Å². The number of benzene rings is 2. The second-order valence-corrected chi connectivity index (χ2v) is 8.07. The van der Waals surface area contributed by atoms with Crippen molar-refractivity contribution in [3.8, 4) is 0 Å². The van der Waals surface area contributed by atoms with Crippen molar-refractivity contribution in [3.05, 3.63) is 94.9 Å². The summed E-state index contributed by atoms with van der Waals surface area (Å²) in [6.45, 7) is 3.84. The molecule has 1 atom stereocenters. The maximum Gasteiger partial charge on any atom is 0.326 e. The van der Waals surface area contributed by atoms with Crippen molar-refractivity contribution in [3.63, 3.8) is 0 Å². The maximum atomic E-state index is 13.8. The van der Waals surface area contributed by atoms with Crippen LogP contribution in [0.2, 0.25) is 0 Å². The Hall–Kier alpha value is -3.87. The first kappa shape index (κ1) is 21.4. The van der Waals surface area contributed by atoms with Crippen molar-refractivity contribution in [1.82, 2.24) is 15.1 Å². The van der Waals surface area contributed by atoms with E-state index >= 15 is 0 Å². The summed E-state index contributed by atoms with van der Waals surface area (Å²) in [6.07, 6.45) is 1.53. The molecule has 1 aliphatic rings. The molecule has 0 radical (unpaired) electrons. The zero-order valence-electron chi connectivity index (χ0n) is 18.3. The van der Waals surface area contributed by atoms with Crippen LogP contribution in [0.4, 0.5) is 4.79 Å². The van der Waals surface area contributed by atoms with Gasteiger partial charge in [-0.3, -0.25) is 14.5 Å². The third-order valence-electron chi connectivity index (χ3n) is 5.94. The summed E-state index contributed by atoms with van der Waals surface area (Å²) in [5, 5.41) is 2.88. The molecule has 0 saturated carbocycles. The number of hydrogen-bond acceptors (Lipinski definition) is 4. The summed E-state index contributed by atoms with van der Waals surface area (Å²) in [5.41, 5.74) is 1.99. The molecule has 1 aromatic heterocycles. The van der Waals surface area contributed by atoms with Crippen LogP contribution in [0.15, 0.2) is 71.3 Å². The standard InChI is InChI=1S/C25H25N3O4/c1-17-11-12-20(14-18(17)2)25(19-8-5-4-6-9-19)23(30)28(24(31)26-25)16-22(29)27(3)15-21-10-7-13-32-21/h4-14H,15-16H2,1-3H3,(H,26,31). The van der Waals surface area contributed by atoms with E-state index in [2.05, 4.69) is 5.32 Å². The summed E-state index contributed by atoms with van der Waals surface area (Å²) in [5.74, 6) is -0.225. The lowest BCUT2D eigenvalue weighted by Crippen LogP contribution is -2.46. The molecule has 0 bridgehead atoms. The van der Waals surface area contributed by atoms with Crippen LogP contribution in [0.3, 0.4) is 0 Å². The Morgan fingerprint density at radius 3 is 2.41 bits per heavy atom. The Bertz CT molecular complexity index is 1160. The number of hydrogen-bond donors (Lipinski definition) is 1. The topological polar surface area (TPSA) is 82.9 Å². The average molecular weight is 431 g/mol. The highest BCUT2D eigenvalue weighted by atomic mass is 16.3. The molecule has 164 valence electrons. The average Bonchev–Trinajstić information content (AvgIpc) is 3.38. The fraction of sp³-hybridized carbons (Fsp3) is 0.240. The van der Waals surface area contributed by atoms with Gasteiger partial charge >= 0.3 is 6.03 Å². The Morgan fingerprint density at radius 2 is 1.75 bits per heavy atom. The van der Waals surface area contributed by atoms with E-state index in [4.69, 9.17) is 4.42 Å². The van der Waals surface area contributed by atoms with Gasteiger partial charge in [0, 0.05) is 7.05 Å². The van der Waals surface area contributed by atoms with Crippen molar-refractivity contribution in [1.29, 1.82) is 0 Å². The number of furan rings is 1. The third kappa shape index (κ3) is 3.66. The fourth-order valence-electron chi connectivity index (χ4n) is 3.92. The highest BCUT2D eigenvalue weighted by Crippen LogP contribution is 2.36. The number of aryl methyl sites for hydroxylation is 2. The number of urea groups is 1. The smallest absolute Gasteiger partial charge is 0.326 e. The van der Waals surface area contributed by atoms with Crippen molar-refractivity contribution in [2.24, 2.45) is 0 Å². The summed E-state index contributed by atoms with van der Waals surface area (Å²) < 4.78 is 5.28. The van der Waals surface area contributed by atoms with Crippen molar-refractivity contribution in [2.75, 3.05) is 13.6 Å². The SMILES string of the molecule is Cc1ccc(C2(c3ccccc3)NC(=O)N(CC(=O)N(C)Cc3ccco3)C2=O)cc1C. The monoisotopic (exact) mass is 431 g/mol. The van der Waals surface area contributed by atoms with E-state index in [0.717, 1.165) is 16.0 Å². The lowest BCUT2D eigenvalue weighted by Gasteiger charge is -2.28. The van der Waals surface area contributed by atoms with Gasteiger partial charge in [0.05, 0.1) is 12.8 Å². The minimum Gasteiger partial charge on any atom is -0.467 e. The number of imide groups is 1. The van der Waals surface area contributed by atoms with Crippen molar-refractivity contribution in [2.45, 2.75) is 25.9 Å². The van der Waals surface area contributed by atoms with Gasteiger partial charge in [0.15, 0.2) is 5.54 Å². The predicted octanol–water partition coefficient (Wildman–Crippen LogP) is 3.35. The molecule has 7 nitrogen and oxygen atoms in total. The number of nitrogens with one attached hydrogen (secondary N) is 1. The van der Waals surface area contributed by atoms with E-state index in [0.29, 0.717) is 16.9 Å². The molecule has 1 aliphatic heterocycles. The summed E-state index contributed by atoms with van der Waals surface area (Å²) in [6, 6.07) is 17.7. The minimum atomic E-state index is -1.39. The lowest BCUT2D eigenvalue weighted by atomic mass is 9.81. The number of amides is 4. The number of likely N-dealkylation sites (N-methyl/N-ethyl adjacent to an activating group) is 1. The number of rotatable bonds is 6. The van der Waals surface area contributed by atoms with E-state index < -0.39 is 17.5 Å². The Morgan fingerprint density at radius 1 is 1.00 bits per heavy atom. The molecule has 3 aromatic rings. The quantitative estimate of drug-likeness (QED) is 0.607. The highest BCUT2D eigenvalue weighted by molar-refractivity contribution is 6.11. The Balaban J connectivity index is 1.67. The predicted molar refractivity (Wildman–Crippen MR) is 119 cm³/mol. The molecule has 1 unspecified atom stereocenters. The zero-order chi connectivity index (χ0) is 22.9. The molecule has 1 fully saturated rings. The summed E-state index contributed by atoms with van der Waals surface area (Å²) in [4.78, 5) is 42.0. The number of carbonyl (C=O) groups is 3. The molecule has 0 aliphatic carbocycles. The second-order valence-electron chi connectivity index (χ2n) is 8.07. The van der Waals surface area contributed by atoms with Crippen molar-refractivity contribution < 1.29 is 18.8 Å². The molecule has 1 N–H and O–H groups in total. The molecule has 1 saturated heterocycles. The van der Waals surface area contributed by atoms with Gasteiger partial charge in [-0.15, -0.1) is 0 Å². The van der Waals surface area contributed by atoms with E-state index in [9.17, 15) is 14.4 Å². The van der Waals surface area contributed by atoms with Crippen LogP contribution in [-0.4, -0.2) is 41.2 Å². The van der Waals surface area contributed by atoms with Gasteiger partial charge < -0.3 is 14.6 Å². The van der Waals surface area contributed by atoms with Crippen LogP contribution >= 0.6 is 0 Å². The molecule has 7 heteroatoms. The summed E-state index contributed by atoms with van der Waals surface area (Å²) in [7, 11) is 1.61. The first-order valence-corrected chi connectivity index (χ1v) is 10.4. The Labute approximate surface area is 186 Å². The fourth-order valence-corrected chi connectivity index (χ4v) is 3.92. The number of nitrogens with zero attached hydrogens (tertiary/aromatic N) is 2. The molecule has 2 aromatic carbocycles. The van der Waals surface area contributed by atoms with E-state index in [1.807, 2.05) is 62.4 Å². The zero-order valence-corrected chi connectivity index (χ0v) is 18.3. The Kier molecular flexibility index (Phi) is 5.57. The second kappa shape index (κ2) is 8.34. The van der Waals surface area contributed by atoms with E-state index in [1.165, 1.54) is 11.2 Å². The van der Waals surface area contributed by atoms with Crippen LogP contribution < -0.4 is 5.32 Å². The molecule has 4 rings (SSSR count). The third-order valence-corrected chi connectivity index (χ3v) is 5.94. The van der Waals surface area contributed by atoms with Gasteiger partial charge in [-0.2, -0.15) is 0 Å². The van der Waals surface area contributed by atoms with Gasteiger partial charge in [-0.25, -0.2) is 4.79 Å². The molecular weight excluding hydrogens is 406 g/mol. The van der Waals surface area contributed by atoms with Crippen molar-refractivity contribution >= 4 is 17.8 Å². The normalized spacial score (nSPS) is 18.0. The van der Waals surface area contributed by atoms with E-state index in [-0.39, 0.29) is 19.0 Å². The van der Waals surface area contributed by atoms with Gasteiger partial charge in [-0.05, 0) is 48.2 Å². The van der Waals surface area contributed by atoms with Gasteiger partial charge in [0.1, 0.15) is 12.3 Å². The number of carbonyl (C=O) groups excluding carboxylic acids is 3. The molecule has 0 spiro atoms. The van der Waals surface area contributed by atoms with Crippen LogP contribution in [0.1, 0.15) is 28.0 Å². The molecule has 2 heterocycles. The van der Waals surface area contributed by atoms with Crippen LogP contribution in [0.5, 0.6) is 0 Å². The molecular formula is C25H25N3O4. The van der Waals surface area contributed by atoms with Crippen LogP contribution in [-0.2, 0) is 21.7 Å². The van der Waals surface area contributed by atoms with Crippen LogP contribution in [0.25, 0.3) is 0 Å². The largest absolute Gasteiger partial charge is 0.467 e. The molecule has 32 heavy (non-hydrogen) atoms. The van der Waals surface area contributed by atoms with E-state index in [1.54, 1.807) is 19.2 Å². The van der Waals surface area contributed by atoms with Crippen LogP contribution in [0, 0.1) is 13.8 Å². The lowest BCUT2D eigenvalue weighted by molar-refractivity contribution is -0.138. The highest BCUT2D eigenvalue weighted by Gasteiger charge is 2.54. The van der Waals surface area contributed by atoms with Gasteiger partial charge in [0.25, 0.3) is 5.91 Å². The molecule has 4 amide bonds. The first-order chi connectivity index (χ1) is 15.3. The summed E-state index contributed by atoms with van der Waals surface area (Å²) >= 11 is 0. The minimum absolute atomic E-state index is 0.246. The maximum absolute atomic E-state index is 13.8. The van der Waals surface area contributed by atoms with Gasteiger partial charge in [0.2, 0.25) is 5.91 Å².